The predicted molar refractivity (Wildman–Crippen MR) is 159 cm³/mol. The normalized spacial score (nSPS) is 21.5. The molecule has 5 heterocycles. The summed E-state index contributed by atoms with van der Waals surface area (Å²) in [5.74, 6) is 1.79. The van der Waals surface area contributed by atoms with Crippen LogP contribution in [0.2, 0.25) is 0 Å². The van der Waals surface area contributed by atoms with Crippen LogP contribution < -0.4 is 19.7 Å². The number of anilines is 2. The van der Waals surface area contributed by atoms with Gasteiger partial charge in [-0.2, -0.15) is 13.2 Å². The molecular weight excluding hydrogens is 579 g/mol. The SMILES string of the molecule is CC1(C)CCCC2CCCNc3cccc(n3)SNC(=O)c3ccc(-n4ccc(OCCC5(C(F)(F)F)CC5)n4)nc3N21. The van der Waals surface area contributed by atoms with Gasteiger partial charge in [0, 0.05) is 42.3 Å². The van der Waals surface area contributed by atoms with E-state index in [0.717, 1.165) is 56.4 Å². The summed E-state index contributed by atoms with van der Waals surface area (Å²) in [6.45, 7) is 5.09. The zero-order valence-corrected chi connectivity index (χ0v) is 25.1. The summed E-state index contributed by atoms with van der Waals surface area (Å²) in [5.41, 5.74) is -1.41. The van der Waals surface area contributed by atoms with E-state index in [1.165, 1.54) is 4.68 Å². The largest absolute Gasteiger partial charge is 0.477 e. The standard InChI is InChI=1S/C30H36F3N7O2S/c1-28(2)13-4-6-20-7-5-17-34-22-8-3-9-25(35-22)43-38-27(41)21-10-11-23(36-26(21)40(20)28)39-18-12-24(37-39)42-19-16-29(14-15-29)30(31,32)33/h3,8-12,18,20H,4-7,13-17,19H2,1-2H3,(H,34,35)(H,38,41). The van der Waals surface area contributed by atoms with E-state index in [-0.39, 0.29) is 49.2 Å². The maximum Gasteiger partial charge on any atom is 0.394 e. The number of piperidine rings is 1. The summed E-state index contributed by atoms with van der Waals surface area (Å²) in [5, 5.41) is 8.51. The highest BCUT2D eigenvalue weighted by Gasteiger charge is 2.62. The molecule has 1 aliphatic carbocycles. The van der Waals surface area contributed by atoms with Gasteiger partial charge in [-0.1, -0.05) is 6.07 Å². The van der Waals surface area contributed by atoms with Crippen molar-refractivity contribution in [2.75, 3.05) is 23.4 Å². The number of aromatic nitrogens is 4. The fourth-order valence-corrected chi connectivity index (χ4v) is 6.74. The van der Waals surface area contributed by atoms with Gasteiger partial charge in [-0.15, -0.1) is 5.10 Å². The van der Waals surface area contributed by atoms with Gasteiger partial charge in [0.1, 0.15) is 16.7 Å². The first-order valence-corrected chi connectivity index (χ1v) is 15.6. The second-order valence-electron chi connectivity index (χ2n) is 12.2. The lowest BCUT2D eigenvalue weighted by atomic mass is 9.84. The molecule has 3 aromatic heterocycles. The van der Waals surface area contributed by atoms with E-state index in [1.807, 2.05) is 18.2 Å². The van der Waals surface area contributed by atoms with Crippen molar-refractivity contribution in [1.82, 2.24) is 24.5 Å². The van der Waals surface area contributed by atoms with Crippen LogP contribution >= 0.6 is 11.9 Å². The summed E-state index contributed by atoms with van der Waals surface area (Å²) in [6, 6.07) is 11.0. The number of fused-ring (bicyclic) bond motifs is 5. The molecule has 9 nitrogen and oxygen atoms in total. The minimum absolute atomic E-state index is 0.0672. The molecule has 0 aromatic carbocycles. The fourth-order valence-electron chi connectivity index (χ4n) is 6.14. The number of pyridine rings is 2. The molecule has 1 amide bonds. The van der Waals surface area contributed by atoms with Crippen LogP contribution in [0.15, 0.2) is 47.6 Å². The molecule has 6 rings (SSSR count). The van der Waals surface area contributed by atoms with E-state index in [1.54, 1.807) is 24.4 Å². The molecule has 1 saturated carbocycles. The highest BCUT2D eigenvalue weighted by molar-refractivity contribution is 7.97. The third-order valence-corrected chi connectivity index (χ3v) is 9.48. The molecule has 3 aliphatic rings. The molecule has 43 heavy (non-hydrogen) atoms. The van der Waals surface area contributed by atoms with Crippen LogP contribution in [0.1, 0.15) is 75.6 Å². The number of amides is 1. The number of carbonyl (C=O) groups is 1. The first kappa shape index (κ1) is 29.6. The van der Waals surface area contributed by atoms with Crippen LogP contribution in [-0.4, -0.2) is 56.6 Å². The van der Waals surface area contributed by atoms with Gasteiger partial charge in [0.05, 0.1) is 17.6 Å². The Labute approximate surface area is 253 Å². The van der Waals surface area contributed by atoms with Gasteiger partial charge in [-0.05, 0) is 89.5 Å². The Morgan fingerprint density at radius 3 is 2.67 bits per heavy atom. The van der Waals surface area contributed by atoms with Gasteiger partial charge < -0.3 is 15.0 Å². The zero-order chi connectivity index (χ0) is 30.2. The Morgan fingerprint density at radius 2 is 1.88 bits per heavy atom. The molecule has 1 atom stereocenters. The number of alkyl halides is 3. The third-order valence-electron chi connectivity index (χ3n) is 8.75. The van der Waals surface area contributed by atoms with Crippen molar-refractivity contribution in [2.45, 2.75) is 88.0 Å². The maximum absolute atomic E-state index is 13.6. The molecule has 2 fully saturated rings. The molecule has 2 bridgehead atoms. The summed E-state index contributed by atoms with van der Waals surface area (Å²) in [6.07, 6.45) is 2.52. The van der Waals surface area contributed by atoms with Crippen molar-refractivity contribution < 1.29 is 22.7 Å². The Bertz CT molecular complexity index is 1470. The smallest absolute Gasteiger partial charge is 0.394 e. The predicted octanol–water partition coefficient (Wildman–Crippen LogP) is 6.55. The quantitative estimate of drug-likeness (QED) is 0.312. The van der Waals surface area contributed by atoms with Gasteiger partial charge in [0.25, 0.3) is 5.91 Å². The Kier molecular flexibility index (Phi) is 7.95. The van der Waals surface area contributed by atoms with Crippen molar-refractivity contribution in [1.29, 1.82) is 0 Å². The van der Waals surface area contributed by atoms with Crippen molar-refractivity contribution in [3.05, 3.63) is 48.2 Å². The molecule has 2 N–H and O–H groups in total. The van der Waals surface area contributed by atoms with E-state index >= 15 is 0 Å². The van der Waals surface area contributed by atoms with Gasteiger partial charge in [0.2, 0.25) is 5.88 Å². The zero-order valence-electron chi connectivity index (χ0n) is 24.3. The fraction of sp³-hybridized carbons (Fsp3) is 0.533. The van der Waals surface area contributed by atoms with Gasteiger partial charge in [0.15, 0.2) is 5.82 Å². The van der Waals surface area contributed by atoms with E-state index in [0.29, 0.717) is 22.2 Å². The lowest BCUT2D eigenvalue weighted by molar-refractivity contribution is -0.190. The minimum atomic E-state index is -4.21. The number of nitrogens with zero attached hydrogens (tertiary/aromatic N) is 5. The first-order valence-electron chi connectivity index (χ1n) is 14.8. The summed E-state index contributed by atoms with van der Waals surface area (Å²) >= 11 is 1.16. The minimum Gasteiger partial charge on any atom is -0.477 e. The van der Waals surface area contributed by atoms with E-state index in [2.05, 4.69) is 38.9 Å². The number of hydrogen-bond donors (Lipinski definition) is 2. The molecule has 1 saturated heterocycles. The van der Waals surface area contributed by atoms with Crippen molar-refractivity contribution in [3.63, 3.8) is 0 Å². The Balaban J connectivity index is 1.29. The van der Waals surface area contributed by atoms with Gasteiger partial charge in [-0.3, -0.25) is 9.52 Å². The van der Waals surface area contributed by atoms with Crippen LogP contribution in [0.3, 0.4) is 0 Å². The summed E-state index contributed by atoms with van der Waals surface area (Å²) in [4.78, 5) is 25.5. The lowest BCUT2D eigenvalue weighted by Gasteiger charge is -2.49. The third kappa shape index (κ3) is 6.27. The van der Waals surface area contributed by atoms with Crippen molar-refractivity contribution >= 4 is 29.5 Å². The number of halogens is 3. The van der Waals surface area contributed by atoms with E-state index < -0.39 is 11.6 Å². The van der Waals surface area contributed by atoms with Crippen LogP contribution in [0.25, 0.3) is 5.82 Å². The van der Waals surface area contributed by atoms with Crippen LogP contribution in [0.4, 0.5) is 24.8 Å². The molecule has 1 unspecified atom stereocenters. The number of hydrogen-bond acceptors (Lipinski definition) is 8. The lowest BCUT2D eigenvalue weighted by Crippen LogP contribution is -2.54. The molecule has 0 spiro atoms. The van der Waals surface area contributed by atoms with Crippen LogP contribution in [0, 0.1) is 5.41 Å². The highest BCUT2D eigenvalue weighted by atomic mass is 32.2. The summed E-state index contributed by atoms with van der Waals surface area (Å²) in [7, 11) is 0. The number of carbonyl (C=O) groups excluding carboxylic acids is 1. The monoisotopic (exact) mass is 615 g/mol. The Hall–Kier alpha value is -3.48. The number of nitrogens with one attached hydrogen (secondary N) is 2. The first-order chi connectivity index (χ1) is 20.5. The number of ether oxygens (including phenoxy) is 1. The average molecular weight is 616 g/mol. The van der Waals surface area contributed by atoms with Crippen molar-refractivity contribution in [2.24, 2.45) is 5.41 Å². The van der Waals surface area contributed by atoms with E-state index in [4.69, 9.17) is 9.72 Å². The van der Waals surface area contributed by atoms with Crippen molar-refractivity contribution in [3.8, 4) is 11.7 Å². The second kappa shape index (κ2) is 11.5. The van der Waals surface area contributed by atoms with E-state index in [9.17, 15) is 18.0 Å². The topological polar surface area (TPSA) is 97.2 Å². The molecule has 13 heteroatoms. The summed E-state index contributed by atoms with van der Waals surface area (Å²) < 4.78 is 50.0. The number of rotatable bonds is 5. The maximum atomic E-state index is 13.6. The molecule has 3 aromatic rings. The molecular formula is C30H36F3N7O2S. The Morgan fingerprint density at radius 1 is 1.07 bits per heavy atom. The molecule has 2 aliphatic heterocycles. The van der Waals surface area contributed by atoms with Crippen LogP contribution in [0.5, 0.6) is 5.88 Å². The van der Waals surface area contributed by atoms with Gasteiger partial charge in [-0.25, -0.2) is 14.6 Å². The molecule has 0 radical (unpaired) electrons. The van der Waals surface area contributed by atoms with Crippen LogP contribution in [-0.2, 0) is 0 Å². The molecule has 230 valence electrons. The average Bonchev–Trinajstić information content (AvgIpc) is 3.63. The highest BCUT2D eigenvalue weighted by Crippen LogP contribution is 2.59. The van der Waals surface area contributed by atoms with Gasteiger partial charge >= 0.3 is 6.18 Å². The second-order valence-corrected chi connectivity index (χ2v) is 13.0.